The summed E-state index contributed by atoms with van der Waals surface area (Å²) >= 11 is 0. The molecule has 2 amide bonds. The molecule has 0 bridgehead atoms. The van der Waals surface area contributed by atoms with E-state index in [-0.39, 0.29) is 30.4 Å². The first-order chi connectivity index (χ1) is 16.4. The lowest BCUT2D eigenvalue weighted by Gasteiger charge is -2.25. The minimum Gasteiger partial charge on any atom is -0.480 e. The number of rotatable bonds is 8. The third kappa shape index (κ3) is 4.93. The summed E-state index contributed by atoms with van der Waals surface area (Å²) in [5, 5.41) is 12.2. The van der Waals surface area contributed by atoms with Crippen LogP contribution >= 0.6 is 0 Å². The van der Waals surface area contributed by atoms with Crippen LogP contribution < -0.4 is 5.32 Å². The van der Waals surface area contributed by atoms with Crippen molar-refractivity contribution in [2.45, 2.75) is 57.0 Å². The van der Waals surface area contributed by atoms with Gasteiger partial charge in [0.15, 0.2) is 0 Å². The number of nitrogens with one attached hydrogen (secondary N) is 1. The Morgan fingerprint density at radius 3 is 2.26 bits per heavy atom. The number of alkyl carbamates (subject to hydrolysis) is 1. The second-order valence-corrected chi connectivity index (χ2v) is 9.32. The molecule has 0 saturated heterocycles. The molecule has 7 nitrogen and oxygen atoms in total. The number of ether oxygens (including phenoxy) is 1. The highest BCUT2D eigenvalue weighted by Gasteiger charge is 2.32. The Labute approximate surface area is 200 Å². The second kappa shape index (κ2) is 10.3. The van der Waals surface area contributed by atoms with E-state index in [1.165, 1.54) is 27.2 Å². The van der Waals surface area contributed by atoms with E-state index < -0.39 is 18.1 Å². The molecular formula is C27H32N2O5. The van der Waals surface area contributed by atoms with Crippen molar-refractivity contribution in [1.29, 1.82) is 0 Å². The monoisotopic (exact) mass is 464 g/mol. The van der Waals surface area contributed by atoms with Gasteiger partial charge in [-0.2, -0.15) is 0 Å². The van der Waals surface area contributed by atoms with Crippen LogP contribution in [0.25, 0.3) is 11.1 Å². The van der Waals surface area contributed by atoms with E-state index in [0.29, 0.717) is 19.3 Å². The number of aliphatic carboxylic acids is 1. The molecule has 0 radical (unpaired) electrons. The quantitative estimate of drug-likeness (QED) is 0.604. The first kappa shape index (κ1) is 23.8. The normalized spacial score (nSPS) is 19.7. The second-order valence-electron chi connectivity index (χ2n) is 9.32. The Hall–Kier alpha value is -3.35. The molecule has 34 heavy (non-hydrogen) atoms. The van der Waals surface area contributed by atoms with Crippen LogP contribution in [0.15, 0.2) is 48.5 Å². The maximum absolute atomic E-state index is 12.5. The molecule has 2 aromatic carbocycles. The van der Waals surface area contributed by atoms with Crippen molar-refractivity contribution >= 4 is 18.0 Å². The van der Waals surface area contributed by atoms with E-state index >= 15 is 0 Å². The van der Waals surface area contributed by atoms with Gasteiger partial charge in [0.2, 0.25) is 5.91 Å². The highest BCUT2D eigenvalue weighted by molar-refractivity contribution is 5.83. The van der Waals surface area contributed by atoms with Gasteiger partial charge in [0.05, 0.1) is 0 Å². The van der Waals surface area contributed by atoms with Crippen molar-refractivity contribution < 1.29 is 24.2 Å². The zero-order valence-corrected chi connectivity index (χ0v) is 19.7. The van der Waals surface area contributed by atoms with E-state index in [0.717, 1.165) is 12.8 Å². The van der Waals surface area contributed by atoms with Crippen molar-refractivity contribution in [2.75, 3.05) is 13.7 Å². The molecule has 0 spiro atoms. The summed E-state index contributed by atoms with van der Waals surface area (Å²) in [6, 6.07) is 15.6. The van der Waals surface area contributed by atoms with Gasteiger partial charge >= 0.3 is 12.1 Å². The summed E-state index contributed by atoms with van der Waals surface area (Å²) in [5.41, 5.74) is 4.72. The number of likely N-dealkylation sites (N-methyl/N-ethyl adjacent to an activating group) is 1. The number of amides is 2. The van der Waals surface area contributed by atoms with Crippen molar-refractivity contribution in [2.24, 2.45) is 5.92 Å². The van der Waals surface area contributed by atoms with Gasteiger partial charge < -0.3 is 20.1 Å². The van der Waals surface area contributed by atoms with Crippen LogP contribution in [0.5, 0.6) is 0 Å². The predicted molar refractivity (Wildman–Crippen MR) is 128 cm³/mol. The third-order valence-electron chi connectivity index (χ3n) is 7.20. The van der Waals surface area contributed by atoms with Gasteiger partial charge in [-0.15, -0.1) is 0 Å². The molecule has 2 aromatic rings. The Morgan fingerprint density at radius 2 is 1.68 bits per heavy atom. The molecule has 0 aromatic heterocycles. The maximum atomic E-state index is 12.5. The number of hydrogen-bond donors (Lipinski definition) is 2. The topological polar surface area (TPSA) is 95.9 Å². The highest BCUT2D eigenvalue weighted by Crippen LogP contribution is 2.44. The smallest absolute Gasteiger partial charge is 0.407 e. The van der Waals surface area contributed by atoms with Gasteiger partial charge in [0, 0.05) is 25.4 Å². The van der Waals surface area contributed by atoms with Gasteiger partial charge in [-0.25, -0.2) is 9.59 Å². The van der Waals surface area contributed by atoms with E-state index in [2.05, 4.69) is 29.6 Å². The van der Waals surface area contributed by atoms with Crippen molar-refractivity contribution in [3.05, 3.63) is 59.7 Å². The summed E-state index contributed by atoms with van der Waals surface area (Å²) < 4.78 is 5.64. The molecule has 0 heterocycles. The first-order valence-corrected chi connectivity index (χ1v) is 12.0. The van der Waals surface area contributed by atoms with Gasteiger partial charge in [-0.3, -0.25) is 4.79 Å². The molecule has 1 fully saturated rings. The van der Waals surface area contributed by atoms with Crippen LogP contribution in [0.3, 0.4) is 0 Å². The summed E-state index contributed by atoms with van der Waals surface area (Å²) in [5.74, 6) is -1.01. The molecule has 2 aliphatic carbocycles. The number of benzene rings is 2. The summed E-state index contributed by atoms with van der Waals surface area (Å²) in [6.45, 7) is 2.03. The fraction of sp³-hybridized carbons (Fsp3) is 0.444. The molecule has 7 heteroatoms. The van der Waals surface area contributed by atoms with E-state index in [1.807, 2.05) is 24.3 Å². The molecule has 3 atom stereocenters. The minimum atomic E-state index is -0.987. The van der Waals surface area contributed by atoms with Crippen molar-refractivity contribution in [3.63, 3.8) is 0 Å². The zero-order chi connectivity index (χ0) is 24.2. The first-order valence-electron chi connectivity index (χ1n) is 12.0. The molecule has 180 valence electrons. The molecule has 2 aliphatic rings. The lowest BCUT2D eigenvalue weighted by Crippen LogP contribution is -2.42. The highest BCUT2D eigenvalue weighted by atomic mass is 16.5. The molecule has 1 saturated carbocycles. The number of hydrogen-bond acceptors (Lipinski definition) is 4. The third-order valence-corrected chi connectivity index (χ3v) is 7.20. The fourth-order valence-electron chi connectivity index (χ4n) is 5.38. The summed E-state index contributed by atoms with van der Waals surface area (Å²) in [4.78, 5) is 37.7. The number of nitrogens with zero attached hydrogens (tertiary/aromatic N) is 1. The molecule has 0 aliphatic heterocycles. The van der Waals surface area contributed by atoms with E-state index in [9.17, 15) is 19.5 Å². The summed E-state index contributed by atoms with van der Waals surface area (Å²) in [7, 11) is 1.55. The van der Waals surface area contributed by atoms with Crippen molar-refractivity contribution in [3.8, 4) is 11.1 Å². The number of carboxylic acid groups (broad SMARTS) is 1. The van der Waals surface area contributed by atoms with Gasteiger partial charge in [-0.05, 0) is 53.9 Å². The maximum Gasteiger partial charge on any atom is 0.407 e. The Morgan fingerprint density at radius 1 is 1.06 bits per heavy atom. The minimum absolute atomic E-state index is 0.0170. The predicted octanol–water partition coefficient (Wildman–Crippen LogP) is 4.41. The molecule has 3 unspecified atom stereocenters. The van der Waals surface area contributed by atoms with Crippen LogP contribution in [0.1, 0.15) is 56.1 Å². The number of carbonyl (C=O) groups is 3. The average molecular weight is 465 g/mol. The van der Waals surface area contributed by atoms with E-state index in [1.54, 1.807) is 14.0 Å². The fourth-order valence-corrected chi connectivity index (χ4v) is 5.38. The van der Waals surface area contributed by atoms with Crippen LogP contribution in [0.2, 0.25) is 0 Å². The number of carbonyl (C=O) groups excluding carboxylic acids is 2. The number of carboxylic acids is 1. The summed E-state index contributed by atoms with van der Waals surface area (Å²) in [6.07, 6.45) is 2.51. The van der Waals surface area contributed by atoms with Crippen LogP contribution in [0, 0.1) is 5.92 Å². The largest absolute Gasteiger partial charge is 0.480 e. The molecule has 4 rings (SSSR count). The average Bonchev–Trinajstić information content (AvgIpc) is 3.39. The SMILES string of the molecule is CCC(C(=O)O)N(C)C(=O)CC1CCC(NC(=O)OCC2c3ccccc3-c3ccccc32)C1. The number of fused-ring (bicyclic) bond motifs is 3. The Kier molecular flexibility index (Phi) is 7.20. The zero-order valence-electron chi connectivity index (χ0n) is 19.7. The van der Waals surface area contributed by atoms with Crippen LogP contribution in [-0.2, 0) is 14.3 Å². The van der Waals surface area contributed by atoms with E-state index in [4.69, 9.17) is 4.74 Å². The van der Waals surface area contributed by atoms with Gasteiger partial charge in [-0.1, -0.05) is 55.5 Å². The standard InChI is InChI=1S/C27H32N2O5/c1-3-24(26(31)32)29(2)25(30)15-17-12-13-18(14-17)28-27(33)34-16-23-21-10-6-4-8-19(21)20-9-5-7-11-22(20)23/h4-11,17-18,23-24H,3,12-16H2,1-2H3,(H,28,33)(H,31,32). The van der Waals surface area contributed by atoms with Crippen molar-refractivity contribution in [1.82, 2.24) is 10.2 Å². The molecule has 2 N–H and O–H groups in total. The van der Waals surface area contributed by atoms with Gasteiger partial charge in [0.1, 0.15) is 12.6 Å². The Balaban J connectivity index is 1.27. The molecular weight excluding hydrogens is 432 g/mol. The lowest BCUT2D eigenvalue weighted by molar-refractivity contribution is -0.149. The van der Waals surface area contributed by atoms with Crippen LogP contribution in [-0.4, -0.2) is 53.7 Å². The lowest BCUT2D eigenvalue weighted by atomic mass is 9.98. The van der Waals surface area contributed by atoms with Gasteiger partial charge in [0.25, 0.3) is 0 Å². The Bertz CT molecular complexity index is 1020. The van der Waals surface area contributed by atoms with Crippen LogP contribution in [0.4, 0.5) is 4.79 Å².